The lowest BCUT2D eigenvalue weighted by Gasteiger charge is -2.08. The number of hydrogen-bond acceptors (Lipinski definition) is 2. The van der Waals surface area contributed by atoms with Gasteiger partial charge in [0, 0.05) is 19.5 Å². The number of benzene rings is 1. The Morgan fingerprint density at radius 3 is 2.82 bits per heavy atom. The Kier molecular flexibility index (Phi) is 5.08. The molecule has 2 rings (SSSR count). The fraction of sp³-hybridized carbons (Fsp3) is 0.533. The predicted octanol–water partition coefficient (Wildman–Crippen LogP) is 3.18. The first kappa shape index (κ1) is 12.2. The van der Waals surface area contributed by atoms with Gasteiger partial charge in [0.25, 0.3) is 0 Å². The van der Waals surface area contributed by atoms with E-state index in [4.69, 9.17) is 0 Å². The average molecular weight is 230 g/mol. The maximum absolute atomic E-state index is 4.57. The standard InChI is InChI=1S/C15H22N2/c1-3-8-14(9-4-1)10-7-13-17-15-11-5-2-6-12-16-15/h1,3-4,8-9H,2,5-7,10-13H2,(H,16,17). The molecule has 0 atom stereocenters. The zero-order valence-corrected chi connectivity index (χ0v) is 10.5. The Balaban J connectivity index is 1.64. The van der Waals surface area contributed by atoms with Crippen molar-refractivity contribution < 1.29 is 0 Å². The number of hydrogen-bond donors (Lipinski definition) is 1. The molecule has 0 spiro atoms. The van der Waals surface area contributed by atoms with Gasteiger partial charge in [-0.25, -0.2) is 0 Å². The lowest BCUT2D eigenvalue weighted by atomic mass is 10.1. The van der Waals surface area contributed by atoms with E-state index >= 15 is 0 Å². The summed E-state index contributed by atoms with van der Waals surface area (Å²) in [5.74, 6) is 1.23. The zero-order chi connectivity index (χ0) is 11.8. The lowest BCUT2D eigenvalue weighted by Crippen LogP contribution is -2.24. The fourth-order valence-electron chi connectivity index (χ4n) is 2.19. The van der Waals surface area contributed by atoms with Gasteiger partial charge in [0.1, 0.15) is 0 Å². The molecule has 0 bridgehead atoms. The van der Waals surface area contributed by atoms with Crippen LogP contribution in [0.25, 0.3) is 0 Å². The highest BCUT2D eigenvalue weighted by atomic mass is 15.0. The largest absolute Gasteiger partial charge is 0.374 e. The molecule has 0 saturated carbocycles. The molecular weight excluding hydrogens is 208 g/mol. The minimum atomic E-state index is 1.01. The first-order valence-electron chi connectivity index (χ1n) is 6.76. The van der Waals surface area contributed by atoms with Crippen LogP contribution in [-0.2, 0) is 6.42 Å². The minimum absolute atomic E-state index is 1.01. The topological polar surface area (TPSA) is 24.4 Å². The van der Waals surface area contributed by atoms with Crippen LogP contribution < -0.4 is 5.32 Å². The van der Waals surface area contributed by atoms with Crippen LogP contribution in [0.3, 0.4) is 0 Å². The molecule has 1 aliphatic heterocycles. The lowest BCUT2D eigenvalue weighted by molar-refractivity contribution is 0.724. The second kappa shape index (κ2) is 7.10. The number of aryl methyl sites for hydroxylation is 1. The molecule has 1 heterocycles. The van der Waals surface area contributed by atoms with Crippen molar-refractivity contribution in [1.82, 2.24) is 5.32 Å². The summed E-state index contributed by atoms with van der Waals surface area (Å²) in [4.78, 5) is 4.57. The first-order valence-corrected chi connectivity index (χ1v) is 6.76. The van der Waals surface area contributed by atoms with Crippen LogP contribution in [0.1, 0.15) is 37.7 Å². The molecule has 1 aromatic carbocycles. The third kappa shape index (κ3) is 4.59. The van der Waals surface area contributed by atoms with Crippen LogP contribution in [0.4, 0.5) is 0 Å². The number of nitrogens with zero attached hydrogens (tertiary/aromatic N) is 1. The maximum Gasteiger partial charge on any atom is 0.0963 e. The SMILES string of the molecule is c1ccc(CCCNC2=NCCCCC2)cc1. The van der Waals surface area contributed by atoms with Gasteiger partial charge in [0.15, 0.2) is 0 Å². The van der Waals surface area contributed by atoms with E-state index in [1.807, 2.05) is 0 Å². The van der Waals surface area contributed by atoms with E-state index in [1.54, 1.807) is 0 Å². The summed E-state index contributed by atoms with van der Waals surface area (Å²) in [6, 6.07) is 10.7. The van der Waals surface area contributed by atoms with Gasteiger partial charge in [-0.1, -0.05) is 36.8 Å². The number of nitrogens with one attached hydrogen (secondary N) is 1. The molecule has 17 heavy (non-hydrogen) atoms. The van der Waals surface area contributed by atoms with Gasteiger partial charge in [0.2, 0.25) is 0 Å². The molecule has 0 amide bonds. The summed E-state index contributed by atoms with van der Waals surface area (Å²) >= 11 is 0. The average Bonchev–Trinajstić information content (AvgIpc) is 2.65. The molecule has 0 radical (unpaired) electrons. The highest BCUT2D eigenvalue weighted by Crippen LogP contribution is 2.06. The van der Waals surface area contributed by atoms with Crippen molar-refractivity contribution in [3.63, 3.8) is 0 Å². The molecule has 0 aliphatic carbocycles. The molecule has 1 N–H and O–H groups in total. The van der Waals surface area contributed by atoms with Crippen LogP contribution in [0.15, 0.2) is 35.3 Å². The second-order valence-corrected chi connectivity index (χ2v) is 4.66. The Morgan fingerprint density at radius 2 is 1.94 bits per heavy atom. The first-order chi connectivity index (χ1) is 8.45. The van der Waals surface area contributed by atoms with Crippen LogP contribution in [0.2, 0.25) is 0 Å². The summed E-state index contributed by atoms with van der Waals surface area (Å²) in [6.07, 6.45) is 7.37. The molecule has 0 saturated heterocycles. The van der Waals surface area contributed by atoms with Gasteiger partial charge in [-0.15, -0.1) is 0 Å². The zero-order valence-electron chi connectivity index (χ0n) is 10.5. The second-order valence-electron chi connectivity index (χ2n) is 4.66. The molecular formula is C15H22N2. The summed E-state index contributed by atoms with van der Waals surface area (Å²) in [5.41, 5.74) is 1.43. The highest BCUT2D eigenvalue weighted by molar-refractivity contribution is 5.82. The molecule has 2 nitrogen and oxygen atoms in total. The van der Waals surface area contributed by atoms with Crippen molar-refractivity contribution in [3.05, 3.63) is 35.9 Å². The van der Waals surface area contributed by atoms with Crippen molar-refractivity contribution in [3.8, 4) is 0 Å². The molecule has 1 aliphatic rings. The molecule has 1 aromatic rings. The molecule has 2 heteroatoms. The highest BCUT2D eigenvalue weighted by Gasteiger charge is 2.02. The van der Waals surface area contributed by atoms with Gasteiger partial charge >= 0.3 is 0 Å². The Bertz CT molecular complexity index is 343. The summed E-state index contributed by atoms with van der Waals surface area (Å²) < 4.78 is 0. The number of aliphatic imine (C=N–C) groups is 1. The van der Waals surface area contributed by atoms with E-state index in [9.17, 15) is 0 Å². The monoisotopic (exact) mass is 230 g/mol. The van der Waals surface area contributed by atoms with Crippen LogP contribution in [0.5, 0.6) is 0 Å². The van der Waals surface area contributed by atoms with Crippen molar-refractivity contribution >= 4 is 5.84 Å². The van der Waals surface area contributed by atoms with Crippen molar-refractivity contribution in [1.29, 1.82) is 0 Å². The number of amidine groups is 1. The summed E-state index contributed by atoms with van der Waals surface area (Å²) in [7, 11) is 0. The molecule has 0 aromatic heterocycles. The van der Waals surface area contributed by atoms with Gasteiger partial charge in [-0.2, -0.15) is 0 Å². The van der Waals surface area contributed by atoms with Crippen LogP contribution in [0, 0.1) is 0 Å². The van der Waals surface area contributed by atoms with Crippen LogP contribution in [-0.4, -0.2) is 18.9 Å². The molecule has 92 valence electrons. The fourth-order valence-corrected chi connectivity index (χ4v) is 2.19. The van der Waals surface area contributed by atoms with E-state index in [-0.39, 0.29) is 0 Å². The Hall–Kier alpha value is -1.31. The van der Waals surface area contributed by atoms with Crippen molar-refractivity contribution in [2.75, 3.05) is 13.1 Å². The van der Waals surface area contributed by atoms with Gasteiger partial charge in [-0.05, 0) is 31.2 Å². The third-order valence-corrected chi connectivity index (χ3v) is 3.19. The predicted molar refractivity (Wildman–Crippen MR) is 73.5 cm³/mol. The third-order valence-electron chi connectivity index (χ3n) is 3.19. The van der Waals surface area contributed by atoms with Gasteiger partial charge in [-0.3, -0.25) is 4.99 Å². The van der Waals surface area contributed by atoms with E-state index in [0.29, 0.717) is 0 Å². The Morgan fingerprint density at radius 1 is 1.06 bits per heavy atom. The quantitative estimate of drug-likeness (QED) is 0.789. The van der Waals surface area contributed by atoms with Crippen molar-refractivity contribution in [2.45, 2.75) is 38.5 Å². The van der Waals surface area contributed by atoms with Gasteiger partial charge < -0.3 is 5.32 Å². The molecule has 0 fully saturated rings. The summed E-state index contributed by atoms with van der Waals surface area (Å²) in [5, 5.41) is 3.48. The van der Waals surface area contributed by atoms with E-state index in [0.717, 1.165) is 25.9 Å². The smallest absolute Gasteiger partial charge is 0.0963 e. The van der Waals surface area contributed by atoms with E-state index < -0.39 is 0 Å². The van der Waals surface area contributed by atoms with Crippen molar-refractivity contribution in [2.24, 2.45) is 4.99 Å². The number of rotatable bonds is 4. The maximum atomic E-state index is 4.57. The van der Waals surface area contributed by atoms with E-state index in [2.05, 4.69) is 40.6 Å². The van der Waals surface area contributed by atoms with Gasteiger partial charge in [0.05, 0.1) is 5.84 Å². The summed E-state index contributed by atoms with van der Waals surface area (Å²) in [6.45, 7) is 2.06. The molecule has 0 unspecified atom stereocenters. The van der Waals surface area contributed by atoms with E-state index in [1.165, 1.54) is 37.1 Å². The Labute approximate surface area is 104 Å². The normalized spacial score (nSPS) is 16.1. The van der Waals surface area contributed by atoms with Crippen LogP contribution >= 0.6 is 0 Å². The minimum Gasteiger partial charge on any atom is -0.374 e.